The summed E-state index contributed by atoms with van der Waals surface area (Å²) in [5.74, 6) is 0.160. The minimum atomic E-state index is 0.160. The Labute approximate surface area is 91.8 Å². The van der Waals surface area contributed by atoms with Gasteiger partial charge in [0.15, 0.2) is 0 Å². The molecule has 0 saturated heterocycles. The van der Waals surface area contributed by atoms with Crippen LogP contribution in [0.5, 0.6) is 0 Å². The molecule has 15 heavy (non-hydrogen) atoms. The number of allylic oxidation sites excluding steroid dienone is 1. The summed E-state index contributed by atoms with van der Waals surface area (Å²) in [6.45, 7) is 3.68. The van der Waals surface area contributed by atoms with E-state index in [1.165, 1.54) is 5.56 Å². The van der Waals surface area contributed by atoms with Gasteiger partial charge in [0.05, 0.1) is 0 Å². The molecule has 0 radical (unpaired) electrons. The Kier molecular flexibility index (Phi) is 5.46. The van der Waals surface area contributed by atoms with Gasteiger partial charge in [-0.2, -0.15) is 0 Å². The molecule has 0 saturated carbocycles. The van der Waals surface area contributed by atoms with Crippen molar-refractivity contribution in [3.8, 4) is 0 Å². The third-order valence-corrected chi connectivity index (χ3v) is 2.52. The molecule has 0 aliphatic heterocycles. The summed E-state index contributed by atoms with van der Waals surface area (Å²) in [6.07, 6.45) is 6.87. The normalized spacial score (nSPS) is 12.0. The molecule has 0 bridgehead atoms. The van der Waals surface area contributed by atoms with Crippen LogP contribution >= 0.6 is 0 Å². The first kappa shape index (κ1) is 11.7. The Morgan fingerprint density at radius 2 is 2.00 bits per heavy atom. The van der Waals surface area contributed by atoms with Gasteiger partial charge in [-0.15, -0.1) is 6.58 Å². The van der Waals surface area contributed by atoms with Crippen molar-refractivity contribution in [3.05, 3.63) is 48.6 Å². The highest BCUT2D eigenvalue weighted by atomic mass is 16.1. The number of carbonyl (C=O) groups is 1. The van der Waals surface area contributed by atoms with Gasteiger partial charge in [0, 0.05) is 5.92 Å². The quantitative estimate of drug-likeness (QED) is 0.376. The summed E-state index contributed by atoms with van der Waals surface area (Å²) in [6, 6.07) is 10.2. The second kappa shape index (κ2) is 6.99. The molecular weight excluding hydrogens is 184 g/mol. The molecule has 0 N–H and O–H groups in total. The lowest BCUT2D eigenvalue weighted by Crippen LogP contribution is -2.05. The SMILES string of the molecule is C=CCCCC(C=O)Cc1ccccc1. The summed E-state index contributed by atoms with van der Waals surface area (Å²) in [5.41, 5.74) is 1.24. The fourth-order valence-electron chi connectivity index (χ4n) is 1.66. The zero-order chi connectivity index (χ0) is 10.9. The predicted octanol–water partition coefficient (Wildman–Crippen LogP) is 3.40. The molecule has 1 aromatic rings. The Hall–Kier alpha value is -1.37. The largest absolute Gasteiger partial charge is 0.303 e. The first-order valence-corrected chi connectivity index (χ1v) is 5.47. The molecule has 1 nitrogen and oxygen atoms in total. The first-order valence-electron chi connectivity index (χ1n) is 5.47. The smallest absolute Gasteiger partial charge is 0.123 e. The molecule has 0 aliphatic carbocycles. The standard InChI is InChI=1S/C14H18O/c1-2-3-5-10-14(12-15)11-13-8-6-4-7-9-13/h2,4,6-9,12,14H,1,3,5,10-11H2. The van der Waals surface area contributed by atoms with Crippen molar-refractivity contribution < 1.29 is 4.79 Å². The van der Waals surface area contributed by atoms with Crippen LogP contribution in [0.2, 0.25) is 0 Å². The fourth-order valence-corrected chi connectivity index (χ4v) is 1.66. The van der Waals surface area contributed by atoms with E-state index in [1.807, 2.05) is 24.3 Å². The lowest BCUT2D eigenvalue weighted by atomic mass is 9.95. The van der Waals surface area contributed by atoms with E-state index >= 15 is 0 Å². The number of benzene rings is 1. The number of hydrogen-bond acceptors (Lipinski definition) is 1. The molecule has 1 aromatic carbocycles. The van der Waals surface area contributed by atoms with E-state index in [0.717, 1.165) is 32.0 Å². The van der Waals surface area contributed by atoms with E-state index in [9.17, 15) is 4.79 Å². The minimum absolute atomic E-state index is 0.160. The van der Waals surface area contributed by atoms with Gasteiger partial charge in [0.1, 0.15) is 6.29 Å². The number of aldehydes is 1. The molecular formula is C14H18O. The van der Waals surface area contributed by atoms with Crippen LogP contribution in [0, 0.1) is 5.92 Å². The summed E-state index contributed by atoms with van der Waals surface area (Å²) < 4.78 is 0. The molecule has 0 aliphatic rings. The zero-order valence-electron chi connectivity index (χ0n) is 9.06. The molecule has 1 unspecified atom stereocenters. The Balaban J connectivity index is 2.40. The maximum Gasteiger partial charge on any atom is 0.123 e. The van der Waals surface area contributed by atoms with E-state index in [-0.39, 0.29) is 5.92 Å². The Morgan fingerprint density at radius 1 is 1.27 bits per heavy atom. The van der Waals surface area contributed by atoms with Gasteiger partial charge < -0.3 is 4.79 Å². The van der Waals surface area contributed by atoms with Crippen molar-refractivity contribution in [2.24, 2.45) is 5.92 Å². The van der Waals surface area contributed by atoms with E-state index in [4.69, 9.17) is 0 Å². The number of hydrogen-bond donors (Lipinski definition) is 0. The summed E-state index contributed by atoms with van der Waals surface area (Å²) in [4.78, 5) is 10.9. The van der Waals surface area contributed by atoms with Crippen molar-refractivity contribution in [1.29, 1.82) is 0 Å². The van der Waals surface area contributed by atoms with Crippen LogP contribution in [0.15, 0.2) is 43.0 Å². The summed E-state index contributed by atoms with van der Waals surface area (Å²) in [5, 5.41) is 0. The highest BCUT2D eigenvalue weighted by Gasteiger charge is 2.07. The van der Waals surface area contributed by atoms with Crippen molar-refractivity contribution in [3.63, 3.8) is 0 Å². The molecule has 0 heterocycles. The minimum Gasteiger partial charge on any atom is -0.303 e. The molecule has 0 aromatic heterocycles. The molecule has 0 fully saturated rings. The fraction of sp³-hybridized carbons (Fsp3) is 0.357. The monoisotopic (exact) mass is 202 g/mol. The van der Waals surface area contributed by atoms with Crippen LogP contribution in [0.4, 0.5) is 0 Å². The van der Waals surface area contributed by atoms with Crippen LogP contribution in [0.25, 0.3) is 0 Å². The molecule has 1 rings (SSSR count). The van der Waals surface area contributed by atoms with Gasteiger partial charge in [-0.25, -0.2) is 0 Å². The van der Waals surface area contributed by atoms with Crippen LogP contribution in [-0.4, -0.2) is 6.29 Å². The van der Waals surface area contributed by atoms with E-state index < -0.39 is 0 Å². The maximum absolute atomic E-state index is 10.9. The van der Waals surface area contributed by atoms with Gasteiger partial charge in [-0.1, -0.05) is 36.4 Å². The topological polar surface area (TPSA) is 17.1 Å². The van der Waals surface area contributed by atoms with Crippen molar-refractivity contribution >= 4 is 6.29 Å². The number of unbranched alkanes of at least 4 members (excludes halogenated alkanes) is 1. The molecule has 0 spiro atoms. The second-order valence-corrected chi connectivity index (χ2v) is 3.81. The van der Waals surface area contributed by atoms with Gasteiger partial charge in [-0.3, -0.25) is 0 Å². The van der Waals surface area contributed by atoms with Gasteiger partial charge in [0.25, 0.3) is 0 Å². The first-order chi connectivity index (χ1) is 7.36. The van der Waals surface area contributed by atoms with Crippen LogP contribution in [0.3, 0.4) is 0 Å². The van der Waals surface area contributed by atoms with Gasteiger partial charge in [-0.05, 0) is 31.2 Å². The third kappa shape index (κ3) is 4.59. The molecule has 0 amide bonds. The summed E-state index contributed by atoms with van der Waals surface area (Å²) in [7, 11) is 0. The third-order valence-electron chi connectivity index (χ3n) is 2.52. The predicted molar refractivity (Wildman–Crippen MR) is 63.7 cm³/mol. The second-order valence-electron chi connectivity index (χ2n) is 3.81. The van der Waals surface area contributed by atoms with Crippen molar-refractivity contribution in [2.75, 3.05) is 0 Å². The average Bonchev–Trinajstić information content (AvgIpc) is 2.29. The highest BCUT2D eigenvalue weighted by Crippen LogP contribution is 2.13. The number of rotatable bonds is 7. The summed E-state index contributed by atoms with van der Waals surface area (Å²) >= 11 is 0. The lowest BCUT2D eigenvalue weighted by molar-refractivity contribution is -0.111. The molecule has 80 valence electrons. The zero-order valence-corrected chi connectivity index (χ0v) is 9.06. The van der Waals surface area contributed by atoms with E-state index in [2.05, 4.69) is 18.7 Å². The van der Waals surface area contributed by atoms with Crippen LogP contribution in [-0.2, 0) is 11.2 Å². The van der Waals surface area contributed by atoms with Gasteiger partial charge >= 0.3 is 0 Å². The Bertz CT molecular complexity index is 289. The van der Waals surface area contributed by atoms with Crippen LogP contribution < -0.4 is 0 Å². The lowest BCUT2D eigenvalue weighted by Gasteiger charge is -2.09. The highest BCUT2D eigenvalue weighted by molar-refractivity contribution is 5.54. The number of carbonyl (C=O) groups excluding carboxylic acids is 1. The van der Waals surface area contributed by atoms with E-state index in [0.29, 0.717) is 0 Å². The van der Waals surface area contributed by atoms with Crippen molar-refractivity contribution in [2.45, 2.75) is 25.7 Å². The van der Waals surface area contributed by atoms with Gasteiger partial charge in [0.2, 0.25) is 0 Å². The Morgan fingerprint density at radius 3 is 2.60 bits per heavy atom. The molecule has 1 heteroatoms. The van der Waals surface area contributed by atoms with Crippen LogP contribution in [0.1, 0.15) is 24.8 Å². The molecule has 1 atom stereocenters. The van der Waals surface area contributed by atoms with Crippen molar-refractivity contribution in [1.82, 2.24) is 0 Å². The maximum atomic E-state index is 10.9. The van der Waals surface area contributed by atoms with E-state index in [1.54, 1.807) is 0 Å². The average molecular weight is 202 g/mol.